The fourth-order valence-electron chi connectivity index (χ4n) is 4.28. The third-order valence-corrected chi connectivity index (χ3v) is 5.82. The minimum atomic E-state index is -4.35. The number of aryl methyl sites for hydroxylation is 1. The number of alkyl halides is 3. The Morgan fingerprint density at radius 2 is 1.83 bits per heavy atom. The highest BCUT2D eigenvalue weighted by Crippen LogP contribution is 2.39. The molecule has 1 aromatic heterocycles. The standard InChI is InChI=1S/C21H22F3N3O.ClH/c1-13-11-15(14-3-5-16(6-4-14)21(22,23)24)12-18(25-13)17-7-8-20(26-17)9-10-27(2)19(20)28;/h3-6,11-12,17,26H,7-10H2,1-2H3;1H/t17-,20+;/m1./s1. The first-order valence-electron chi connectivity index (χ1n) is 9.37. The lowest BCUT2D eigenvalue weighted by atomic mass is 9.96. The van der Waals surface area contributed by atoms with E-state index in [9.17, 15) is 18.0 Å². The van der Waals surface area contributed by atoms with Gasteiger partial charge in [-0.05, 0) is 61.6 Å². The van der Waals surface area contributed by atoms with Gasteiger partial charge >= 0.3 is 6.18 Å². The van der Waals surface area contributed by atoms with E-state index >= 15 is 0 Å². The Labute approximate surface area is 173 Å². The van der Waals surface area contributed by atoms with Gasteiger partial charge in [0.1, 0.15) is 5.54 Å². The number of aromatic nitrogens is 1. The van der Waals surface area contributed by atoms with Crippen molar-refractivity contribution < 1.29 is 18.0 Å². The number of nitrogens with zero attached hydrogens (tertiary/aromatic N) is 2. The molecule has 3 heterocycles. The van der Waals surface area contributed by atoms with Crippen LogP contribution in [0.2, 0.25) is 0 Å². The number of likely N-dealkylation sites (tertiary alicyclic amines) is 1. The van der Waals surface area contributed by atoms with Crippen LogP contribution in [0.1, 0.15) is 42.3 Å². The molecule has 4 rings (SSSR count). The molecule has 1 amide bonds. The highest BCUT2D eigenvalue weighted by Gasteiger charge is 2.50. The number of benzene rings is 1. The summed E-state index contributed by atoms with van der Waals surface area (Å²) < 4.78 is 38.4. The molecule has 1 aromatic carbocycles. The van der Waals surface area contributed by atoms with E-state index in [1.807, 2.05) is 26.1 Å². The van der Waals surface area contributed by atoms with Gasteiger partial charge in [0, 0.05) is 19.3 Å². The van der Waals surface area contributed by atoms with Crippen molar-refractivity contribution in [3.63, 3.8) is 0 Å². The summed E-state index contributed by atoms with van der Waals surface area (Å²) in [6, 6.07) is 8.91. The molecule has 2 saturated heterocycles. The van der Waals surface area contributed by atoms with E-state index in [-0.39, 0.29) is 24.4 Å². The highest BCUT2D eigenvalue weighted by atomic mass is 35.5. The van der Waals surface area contributed by atoms with E-state index in [4.69, 9.17) is 0 Å². The summed E-state index contributed by atoms with van der Waals surface area (Å²) in [6.45, 7) is 2.62. The molecule has 2 aliphatic heterocycles. The number of nitrogens with one attached hydrogen (secondary N) is 1. The largest absolute Gasteiger partial charge is 0.416 e. The number of hydrogen-bond acceptors (Lipinski definition) is 3. The van der Waals surface area contributed by atoms with Crippen molar-refractivity contribution >= 4 is 18.3 Å². The summed E-state index contributed by atoms with van der Waals surface area (Å²) in [6.07, 6.45) is -1.98. The number of carbonyl (C=O) groups excluding carboxylic acids is 1. The van der Waals surface area contributed by atoms with Gasteiger partial charge in [-0.2, -0.15) is 13.2 Å². The Kier molecular flexibility index (Phi) is 5.66. The lowest BCUT2D eigenvalue weighted by Crippen LogP contribution is -2.47. The third kappa shape index (κ3) is 3.98. The Bertz CT molecular complexity index is 916. The topological polar surface area (TPSA) is 45.2 Å². The normalized spacial score (nSPS) is 24.2. The molecule has 0 unspecified atom stereocenters. The van der Waals surface area contributed by atoms with Crippen LogP contribution in [0.5, 0.6) is 0 Å². The van der Waals surface area contributed by atoms with Crippen LogP contribution in [0.4, 0.5) is 13.2 Å². The van der Waals surface area contributed by atoms with Gasteiger partial charge in [-0.25, -0.2) is 0 Å². The first kappa shape index (κ1) is 21.6. The van der Waals surface area contributed by atoms with Gasteiger partial charge in [-0.15, -0.1) is 12.4 Å². The Morgan fingerprint density at radius 1 is 1.14 bits per heavy atom. The van der Waals surface area contributed by atoms with Crippen molar-refractivity contribution in [1.29, 1.82) is 0 Å². The van der Waals surface area contributed by atoms with E-state index in [2.05, 4.69) is 10.3 Å². The van der Waals surface area contributed by atoms with Crippen LogP contribution >= 0.6 is 12.4 Å². The Hall–Kier alpha value is -2.12. The van der Waals surface area contributed by atoms with Crippen molar-refractivity contribution in [1.82, 2.24) is 15.2 Å². The molecular formula is C21H23ClF3N3O. The van der Waals surface area contributed by atoms with Crippen LogP contribution < -0.4 is 5.32 Å². The molecule has 1 spiro atoms. The minimum absolute atomic E-state index is 0. The number of likely N-dealkylation sites (N-methyl/N-ethyl adjacent to an activating group) is 1. The zero-order valence-electron chi connectivity index (χ0n) is 16.2. The summed E-state index contributed by atoms with van der Waals surface area (Å²) in [5.41, 5.74) is 2.00. The zero-order chi connectivity index (χ0) is 20.1. The molecule has 8 heteroatoms. The third-order valence-electron chi connectivity index (χ3n) is 5.82. The lowest BCUT2D eigenvalue weighted by molar-refractivity contribution is -0.137. The van der Waals surface area contributed by atoms with Crippen molar-refractivity contribution in [3.8, 4) is 11.1 Å². The van der Waals surface area contributed by atoms with Crippen molar-refractivity contribution in [2.24, 2.45) is 0 Å². The fourth-order valence-corrected chi connectivity index (χ4v) is 4.28. The van der Waals surface area contributed by atoms with Crippen molar-refractivity contribution in [3.05, 3.63) is 53.3 Å². The summed E-state index contributed by atoms with van der Waals surface area (Å²) in [7, 11) is 1.82. The van der Waals surface area contributed by atoms with E-state index in [0.717, 1.165) is 54.9 Å². The predicted octanol–water partition coefficient (Wildman–Crippen LogP) is 4.52. The number of rotatable bonds is 2. The summed E-state index contributed by atoms with van der Waals surface area (Å²) >= 11 is 0. The van der Waals surface area contributed by atoms with Gasteiger partial charge in [0.05, 0.1) is 17.3 Å². The van der Waals surface area contributed by atoms with Crippen molar-refractivity contribution in [2.75, 3.05) is 13.6 Å². The number of pyridine rings is 1. The van der Waals surface area contributed by atoms with Crippen LogP contribution in [-0.2, 0) is 11.0 Å². The summed E-state index contributed by atoms with van der Waals surface area (Å²) in [5, 5.41) is 3.50. The van der Waals surface area contributed by atoms with Crippen LogP contribution in [-0.4, -0.2) is 34.9 Å². The molecule has 4 nitrogen and oxygen atoms in total. The van der Waals surface area contributed by atoms with Gasteiger partial charge in [0.2, 0.25) is 5.91 Å². The van der Waals surface area contributed by atoms with Crippen molar-refractivity contribution in [2.45, 2.75) is 43.9 Å². The SMILES string of the molecule is Cc1cc(-c2ccc(C(F)(F)F)cc2)cc([C@H]2CC[C@@]3(CCN(C)C3=O)N2)n1.Cl. The van der Waals surface area contributed by atoms with E-state index in [0.29, 0.717) is 5.56 Å². The molecule has 1 N–H and O–H groups in total. The number of halogens is 4. The van der Waals surface area contributed by atoms with E-state index in [1.54, 1.807) is 4.90 Å². The first-order chi connectivity index (χ1) is 13.2. The molecule has 0 radical (unpaired) electrons. The smallest absolute Gasteiger partial charge is 0.344 e. The molecule has 2 aliphatic rings. The first-order valence-corrected chi connectivity index (χ1v) is 9.37. The molecule has 0 bridgehead atoms. The zero-order valence-corrected chi connectivity index (χ0v) is 17.0. The Balaban J connectivity index is 0.00000240. The molecule has 0 saturated carbocycles. The van der Waals surface area contributed by atoms with Gasteiger partial charge in [-0.1, -0.05) is 12.1 Å². The molecule has 0 aliphatic carbocycles. The van der Waals surface area contributed by atoms with Crippen LogP contribution in [0.3, 0.4) is 0 Å². The predicted molar refractivity (Wildman–Crippen MR) is 107 cm³/mol. The second kappa shape index (κ2) is 7.61. The molecule has 2 atom stereocenters. The number of hydrogen-bond donors (Lipinski definition) is 1. The maximum atomic E-state index is 12.8. The number of carbonyl (C=O) groups is 1. The van der Waals surface area contributed by atoms with E-state index < -0.39 is 17.3 Å². The average molecular weight is 426 g/mol. The average Bonchev–Trinajstić information content (AvgIpc) is 3.21. The summed E-state index contributed by atoms with van der Waals surface area (Å²) in [5.74, 6) is 0.130. The van der Waals surface area contributed by atoms with Gasteiger partial charge in [0.25, 0.3) is 0 Å². The quantitative estimate of drug-likeness (QED) is 0.769. The maximum absolute atomic E-state index is 12.8. The van der Waals surface area contributed by atoms with Crippen LogP contribution in [0.15, 0.2) is 36.4 Å². The van der Waals surface area contributed by atoms with E-state index in [1.165, 1.54) is 12.1 Å². The van der Waals surface area contributed by atoms with Gasteiger partial charge in [0.15, 0.2) is 0 Å². The second-order valence-corrected chi connectivity index (χ2v) is 7.79. The minimum Gasteiger partial charge on any atom is -0.344 e. The molecule has 2 aromatic rings. The van der Waals surface area contributed by atoms with Gasteiger partial charge in [-0.3, -0.25) is 15.1 Å². The maximum Gasteiger partial charge on any atom is 0.416 e. The van der Waals surface area contributed by atoms with Crippen LogP contribution in [0.25, 0.3) is 11.1 Å². The number of amides is 1. The molecule has 29 heavy (non-hydrogen) atoms. The molecule has 2 fully saturated rings. The molecular weight excluding hydrogens is 403 g/mol. The second-order valence-electron chi connectivity index (χ2n) is 7.79. The lowest BCUT2D eigenvalue weighted by Gasteiger charge is -2.23. The van der Waals surface area contributed by atoms with Crippen LogP contribution in [0, 0.1) is 6.92 Å². The monoisotopic (exact) mass is 425 g/mol. The highest BCUT2D eigenvalue weighted by molar-refractivity contribution is 5.88. The fraction of sp³-hybridized carbons (Fsp3) is 0.429. The van der Waals surface area contributed by atoms with Gasteiger partial charge < -0.3 is 4.90 Å². The Morgan fingerprint density at radius 3 is 2.41 bits per heavy atom. The molecule has 156 valence electrons. The summed E-state index contributed by atoms with van der Waals surface area (Å²) in [4.78, 5) is 18.9.